The van der Waals surface area contributed by atoms with Crippen molar-refractivity contribution in [1.29, 1.82) is 0 Å². The lowest BCUT2D eigenvalue weighted by molar-refractivity contribution is 0.415. The van der Waals surface area contributed by atoms with Crippen molar-refractivity contribution in [1.82, 2.24) is 9.55 Å². The summed E-state index contributed by atoms with van der Waals surface area (Å²) in [6, 6.07) is 15.8. The van der Waals surface area contributed by atoms with Crippen molar-refractivity contribution >= 4 is 23.2 Å². The third-order valence-corrected chi connectivity index (χ3v) is 3.46. The number of para-hydroxylation sites is 2. The molecule has 5 heteroatoms. The predicted octanol–water partition coefficient (Wildman–Crippen LogP) is 3.51. The fourth-order valence-electron chi connectivity index (χ4n) is 2.34. The molecule has 1 heterocycles. The van der Waals surface area contributed by atoms with Crippen molar-refractivity contribution in [2.75, 3.05) is 12.5 Å². The van der Waals surface area contributed by atoms with E-state index in [1.54, 1.807) is 13.3 Å². The van der Waals surface area contributed by atoms with E-state index in [1.807, 2.05) is 42.5 Å². The maximum atomic E-state index is 5.13. The van der Waals surface area contributed by atoms with Gasteiger partial charge in [-0.15, -0.1) is 0 Å². The summed E-state index contributed by atoms with van der Waals surface area (Å²) in [5, 5.41) is 4.27. The van der Waals surface area contributed by atoms with E-state index < -0.39 is 0 Å². The summed E-state index contributed by atoms with van der Waals surface area (Å²) in [5.41, 5.74) is 6.08. The number of imidazole rings is 1. The van der Waals surface area contributed by atoms with Crippen LogP contribution in [0.4, 0.5) is 5.95 Å². The van der Waals surface area contributed by atoms with Crippen LogP contribution in [0.25, 0.3) is 11.0 Å². The second kappa shape index (κ2) is 6.30. The Bertz CT molecular complexity index is 790. The Morgan fingerprint density at radius 1 is 1.18 bits per heavy atom. The Balaban J connectivity index is 1.79. The first-order valence-corrected chi connectivity index (χ1v) is 7.20. The second-order valence-corrected chi connectivity index (χ2v) is 4.81. The highest BCUT2D eigenvalue weighted by Gasteiger charge is 2.07. The number of nitrogens with one attached hydrogen (secondary N) is 1. The first kappa shape index (κ1) is 14.1. The molecule has 1 N–H and O–H groups in total. The van der Waals surface area contributed by atoms with Crippen molar-refractivity contribution in [2.45, 2.75) is 13.5 Å². The standard InChI is InChI=1S/C17H18N4O/c1-3-21-16-7-5-4-6-15(16)19-17(21)20-18-12-13-8-10-14(22-2)11-9-13/h4-12H,3H2,1-2H3,(H,19,20)/b18-12+. The van der Waals surface area contributed by atoms with Gasteiger partial charge in [-0.05, 0) is 48.9 Å². The van der Waals surface area contributed by atoms with Crippen molar-refractivity contribution in [3.05, 3.63) is 54.1 Å². The van der Waals surface area contributed by atoms with Crippen LogP contribution in [0.5, 0.6) is 5.75 Å². The van der Waals surface area contributed by atoms with Crippen molar-refractivity contribution in [3.63, 3.8) is 0 Å². The molecule has 5 nitrogen and oxygen atoms in total. The number of ether oxygens (including phenoxy) is 1. The van der Waals surface area contributed by atoms with Crippen LogP contribution in [0.15, 0.2) is 53.6 Å². The average Bonchev–Trinajstić information content (AvgIpc) is 2.93. The highest BCUT2D eigenvalue weighted by molar-refractivity contribution is 5.81. The first-order chi connectivity index (χ1) is 10.8. The average molecular weight is 294 g/mol. The molecule has 0 aliphatic heterocycles. The molecule has 0 amide bonds. The van der Waals surface area contributed by atoms with Crippen LogP contribution < -0.4 is 10.2 Å². The van der Waals surface area contributed by atoms with Crippen LogP contribution >= 0.6 is 0 Å². The largest absolute Gasteiger partial charge is 0.497 e. The van der Waals surface area contributed by atoms with Crippen LogP contribution in [0.1, 0.15) is 12.5 Å². The van der Waals surface area contributed by atoms with Gasteiger partial charge in [-0.1, -0.05) is 12.1 Å². The molecule has 2 aromatic carbocycles. The van der Waals surface area contributed by atoms with Gasteiger partial charge in [0.05, 0.1) is 24.4 Å². The van der Waals surface area contributed by atoms with Crippen molar-refractivity contribution < 1.29 is 4.74 Å². The smallest absolute Gasteiger partial charge is 0.224 e. The molecule has 0 atom stereocenters. The van der Waals surface area contributed by atoms with Gasteiger partial charge in [0.2, 0.25) is 5.95 Å². The summed E-state index contributed by atoms with van der Waals surface area (Å²) in [6.07, 6.45) is 1.76. The first-order valence-electron chi connectivity index (χ1n) is 7.20. The maximum absolute atomic E-state index is 5.13. The number of nitrogens with zero attached hydrogens (tertiary/aromatic N) is 3. The van der Waals surface area contributed by atoms with E-state index in [0.717, 1.165) is 34.8 Å². The van der Waals surface area contributed by atoms with Gasteiger partial charge in [0.25, 0.3) is 0 Å². The molecule has 1 aromatic heterocycles. The molecule has 112 valence electrons. The number of benzene rings is 2. The maximum Gasteiger partial charge on any atom is 0.224 e. The van der Waals surface area contributed by atoms with Gasteiger partial charge in [-0.2, -0.15) is 5.10 Å². The normalized spacial score (nSPS) is 11.2. The van der Waals surface area contributed by atoms with Crippen LogP contribution in [0, 0.1) is 0 Å². The quantitative estimate of drug-likeness (QED) is 0.578. The Hall–Kier alpha value is -2.82. The van der Waals surface area contributed by atoms with E-state index >= 15 is 0 Å². The lowest BCUT2D eigenvalue weighted by Crippen LogP contribution is -2.01. The number of fused-ring (bicyclic) bond motifs is 1. The fraction of sp³-hybridized carbons (Fsp3) is 0.176. The minimum absolute atomic E-state index is 0.744. The van der Waals surface area contributed by atoms with E-state index in [-0.39, 0.29) is 0 Å². The molecule has 0 aliphatic rings. The summed E-state index contributed by atoms with van der Waals surface area (Å²) >= 11 is 0. The molecule has 0 bridgehead atoms. The zero-order valence-electron chi connectivity index (χ0n) is 12.7. The Labute approximate surface area is 129 Å². The minimum atomic E-state index is 0.744. The lowest BCUT2D eigenvalue weighted by Gasteiger charge is -2.04. The van der Waals surface area contributed by atoms with Gasteiger partial charge < -0.3 is 9.30 Å². The summed E-state index contributed by atoms with van der Waals surface area (Å²) in [4.78, 5) is 4.56. The summed E-state index contributed by atoms with van der Waals surface area (Å²) in [6.45, 7) is 2.92. The number of aryl methyl sites for hydroxylation is 1. The number of rotatable bonds is 5. The molecule has 0 aliphatic carbocycles. The molecule has 0 fully saturated rings. The third-order valence-electron chi connectivity index (χ3n) is 3.46. The van der Waals surface area contributed by atoms with E-state index in [9.17, 15) is 0 Å². The molecular formula is C17H18N4O. The fourth-order valence-corrected chi connectivity index (χ4v) is 2.34. The Kier molecular flexibility index (Phi) is 4.05. The molecule has 22 heavy (non-hydrogen) atoms. The van der Waals surface area contributed by atoms with Gasteiger partial charge in [0.15, 0.2) is 0 Å². The number of aromatic nitrogens is 2. The summed E-state index contributed by atoms with van der Waals surface area (Å²) in [7, 11) is 1.65. The highest BCUT2D eigenvalue weighted by atomic mass is 16.5. The second-order valence-electron chi connectivity index (χ2n) is 4.81. The molecule has 3 rings (SSSR count). The summed E-state index contributed by atoms with van der Waals surface area (Å²) in [5.74, 6) is 1.58. The Morgan fingerprint density at radius 2 is 1.95 bits per heavy atom. The third kappa shape index (κ3) is 2.79. The molecule has 0 saturated carbocycles. The van der Waals surface area contributed by atoms with E-state index in [0.29, 0.717) is 0 Å². The minimum Gasteiger partial charge on any atom is -0.497 e. The predicted molar refractivity (Wildman–Crippen MR) is 89.6 cm³/mol. The van der Waals surface area contributed by atoms with Crippen LogP contribution in [0.3, 0.4) is 0 Å². The van der Waals surface area contributed by atoms with Crippen LogP contribution in [-0.2, 0) is 6.54 Å². The number of methoxy groups -OCH3 is 1. The van der Waals surface area contributed by atoms with E-state index in [2.05, 4.69) is 33.1 Å². The zero-order valence-corrected chi connectivity index (χ0v) is 12.7. The van der Waals surface area contributed by atoms with Crippen LogP contribution in [0.2, 0.25) is 0 Å². The SMILES string of the molecule is CCn1c(N/N=C/c2ccc(OC)cc2)nc2ccccc21. The van der Waals surface area contributed by atoms with E-state index in [1.165, 1.54) is 0 Å². The monoisotopic (exact) mass is 294 g/mol. The molecular weight excluding hydrogens is 276 g/mol. The summed E-state index contributed by atoms with van der Waals surface area (Å²) < 4.78 is 7.23. The van der Waals surface area contributed by atoms with E-state index in [4.69, 9.17) is 4.74 Å². The van der Waals surface area contributed by atoms with Gasteiger partial charge in [0.1, 0.15) is 5.75 Å². The Morgan fingerprint density at radius 3 is 2.68 bits per heavy atom. The van der Waals surface area contributed by atoms with Crippen molar-refractivity contribution in [2.24, 2.45) is 5.10 Å². The number of anilines is 1. The number of hydrogen-bond acceptors (Lipinski definition) is 4. The number of hydrogen-bond donors (Lipinski definition) is 1. The molecule has 3 aromatic rings. The van der Waals surface area contributed by atoms with Crippen LogP contribution in [-0.4, -0.2) is 22.9 Å². The molecule has 0 spiro atoms. The highest BCUT2D eigenvalue weighted by Crippen LogP contribution is 2.19. The topological polar surface area (TPSA) is 51.4 Å². The van der Waals surface area contributed by atoms with Crippen molar-refractivity contribution in [3.8, 4) is 5.75 Å². The molecule has 0 unspecified atom stereocenters. The zero-order chi connectivity index (χ0) is 15.4. The van der Waals surface area contributed by atoms with Gasteiger partial charge in [-0.25, -0.2) is 10.4 Å². The lowest BCUT2D eigenvalue weighted by atomic mass is 10.2. The van der Waals surface area contributed by atoms with Gasteiger partial charge in [0, 0.05) is 6.54 Å². The van der Waals surface area contributed by atoms with Gasteiger partial charge in [-0.3, -0.25) is 0 Å². The number of hydrazone groups is 1. The molecule has 0 radical (unpaired) electrons. The van der Waals surface area contributed by atoms with Gasteiger partial charge >= 0.3 is 0 Å². The molecule has 0 saturated heterocycles.